The molecule has 1 amide bonds. The highest BCUT2D eigenvalue weighted by molar-refractivity contribution is 7.92. The van der Waals surface area contributed by atoms with Crippen LogP contribution in [-0.2, 0) is 40.8 Å². The van der Waals surface area contributed by atoms with Crippen molar-refractivity contribution in [2.24, 2.45) is 13.0 Å². The number of hydrogen-bond acceptors (Lipinski definition) is 10. The second kappa shape index (κ2) is 14.9. The lowest BCUT2D eigenvalue weighted by molar-refractivity contribution is -0.123. The molecule has 2 aliphatic rings. The maximum absolute atomic E-state index is 15.5. The summed E-state index contributed by atoms with van der Waals surface area (Å²) in [7, 11) is -2.47. The van der Waals surface area contributed by atoms with E-state index in [1.165, 1.54) is 36.0 Å². The first-order valence-corrected chi connectivity index (χ1v) is 21.4. The van der Waals surface area contributed by atoms with Gasteiger partial charge in [0.1, 0.15) is 35.4 Å². The van der Waals surface area contributed by atoms with Crippen molar-refractivity contribution in [3.05, 3.63) is 115 Å². The van der Waals surface area contributed by atoms with Gasteiger partial charge in [-0.25, -0.2) is 35.9 Å². The lowest BCUT2D eigenvalue weighted by Crippen LogP contribution is -2.38. The Morgan fingerprint density at radius 1 is 1.00 bits per heavy atom. The molecule has 3 aromatic carbocycles. The van der Waals surface area contributed by atoms with Crippen molar-refractivity contribution in [2.45, 2.75) is 57.5 Å². The highest BCUT2D eigenvalue weighted by Crippen LogP contribution is 2.68. The van der Waals surface area contributed by atoms with Gasteiger partial charge in [-0.2, -0.15) is 24.1 Å². The average Bonchev–Trinajstić information content (AvgIpc) is 3.73. The number of amides is 1. The summed E-state index contributed by atoms with van der Waals surface area (Å²) in [6, 6.07) is 8.28. The molecule has 4 aromatic heterocycles. The van der Waals surface area contributed by atoms with Gasteiger partial charge in [0.15, 0.2) is 11.6 Å². The van der Waals surface area contributed by atoms with Gasteiger partial charge in [-0.1, -0.05) is 17.7 Å². The number of alkyl halides is 4. The van der Waals surface area contributed by atoms with Crippen LogP contribution >= 0.6 is 11.6 Å². The van der Waals surface area contributed by atoms with Crippen molar-refractivity contribution in [1.29, 1.82) is 0 Å². The zero-order valence-electron chi connectivity index (χ0n) is 33.3. The lowest BCUT2D eigenvalue weighted by Gasteiger charge is -2.24. The maximum atomic E-state index is 15.5. The van der Waals surface area contributed by atoms with Crippen LogP contribution in [0.4, 0.5) is 32.2 Å². The summed E-state index contributed by atoms with van der Waals surface area (Å²) < 4.78 is 119. The second-order valence-corrected chi connectivity index (χ2v) is 17.7. The van der Waals surface area contributed by atoms with E-state index in [2.05, 4.69) is 35.4 Å². The molecule has 2 aliphatic carbocycles. The highest BCUT2D eigenvalue weighted by Gasteiger charge is 2.67. The summed E-state index contributed by atoms with van der Waals surface area (Å²) >= 11 is 6.63. The number of aryl methyl sites for hydroxylation is 3. The Kier molecular flexibility index (Phi) is 9.88. The number of aromatic nitrogens is 9. The van der Waals surface area contributed by atoms with E-state index < -0.39 is 87.7 Å². The predicted molar refractivity (Wildman–Crippen MR) is 216 cm³/mol. The normalized spacial score (nSPS) is 17.0. The van der Waals surface area contributed by atoms with Crippen LogP contribution < -0.4 is 15.6 Å². The summed E-state index contributed by atoms with van der Waals surface area (Å²) in [6.45, 7) is 2.45. The Balaban J connectivity index is 1.26. The van der Waals surface area contributed by atoms with Gasteiger partial charge in [-0.15, -0.1) is 5.10 Å². The molecule has 3 atom stereocenters. The molecule has 0 saturated heterocycles. The number of rotatable bonds is 11. The highest BCUT2D eigenvalue weighted by atomic mass is 35.5. The van der Waals surface area contributed by atoms with E-state index in [0.29, 0.717) is 27.7 Å². The molecule has 326 valence electrons. The number of nitrogens with one attached hydrogen (secondary N) is 2. The lowest BCUT2D eigenvalue weighted by atomic mass is 10.0. The van der Waals surface area contributed by atoms with Crippen LogP contribution in [0.15, 0.2) is 53.3 Å². The van der Waals surface area contributed by atoms with Crippen LogP contribution in [0, 0.1) is 31.4 Å². The minimum Gasteiger partial charge on any atom is -0.344 e. The smallest absolute Gasteiger partial charge is 0.293 e. The first-order chi connectivity index (χ1) is 29.7. The molecule has 7 aromatic rings. The van der Waals surface area contributed by atoms with Gasteiger partial charge in [0.25, 0.3) is 17.9 Å². The largest absolute Gasteiger partial charge is 0.344 e. The first kappa shape index (κ1) is 41.9. The Hall–Kier alpha value is -6.42. The summed E-state index contributed by atoms with van der Waals surface area (Å²) in [6.07, 6.45) is -2.81. The Labute approximate surface area is 357 Å². The van der Waals surface area contributed by atoms with Gasteiger partial charge in [0, 0.05) is 36.6 Å². The van der Waals surface area contributed by atoms with Crippen molar-refractivity contribution in [2.75, 3.05) is 11.0 Å². The number of anilines is 1. The van der Waals surface area contributed by atoms with Crippen LogP contribution in [-0.4, -0.2) is 64.9 Å². The Morgan fingerprint density at radius 2 is 1.73 bits per heavy atom. The van der Waals surface area contributed by atoms with Crippen molar-refractivity contribution in [3.8, 4) is 17.1 Å². The minimum absolute atomic E-state index is 0.00105. The molecule has 1 saturated carbocycles. The number of fused-ring (bicyclic) bond motifs is 5. The molecular weight excluding hydrogens is 880 g/mol. The molecule has 9 rings (SSSR count). The molecular formula is C40H32ClF6N11O4S. The van der Waals surface area contributed by atoms with E-state index in [9.17, 15) is 30.8 Å². The Bertz CT molecular complexity index is 3250. The van der Waals surface area contributed by atoms with Crippen molar-refractivity contribution >= 4 is 55.2 Å². The summed E-state index contributed by atoms with van der Waals surface area (Å²) in [5.41, 5.74) is -1.13. The molecule has 15 nitrogen and oxygen atoms in total. The van der Waals surface area contributed by atoms with Crippen LogP contribution in [0.5, 0.6) is 0 Å². The van der Waals surface area contributed by atoms with E-state index in [4.69, 9.17) is 16.6 Å². The number of benzene rings is 3. The fourth-order valence-electron chi connectivity index (χ4n) is 8.30. The van der Waals surface area contributed by atoms with Gasteiger partial charge < -0.3 is 5.32 Å². The van der Waals surface area contributed by atoms with E-state index in [-0.39, 0.29) is 67.5 Å². The van der Waals surface area contributed by atoms with Gasteiger partial charge in [-0.3, -0.25) is 28.2 Å². The van der Waals surface area contributed by atoms with Crippen LogP contribution in [0.2, 0.25) is 5.02 Å². The van der Waals surface area contributed by atoms with Gasteiger partial charge in [0.05, 0.1) is 56.2 Å². The standard InChI is InChI=1S/C40H32ClF6N11O4S/c1-16-17(2)51-52-36(48-16)19-5-6-22-26(12-19)50-38(58(39(22)60)28-8-7-25(41)31-33(28)56(3)54-37(31)55-63(4,61)62)27(11-18-9-20(42)13-21(43)10-18)49-29(59)15-57-34-30(32(53-57)35(44)45)23-14-24(23)40(34,46)47/h5-10,12-13,23-24,27,35H,11,14-15H2,1-4H3,(H,49,59)(H,54,55)/t23-,24+,27-/m0/s1. The third-order valence-corrected chi connectivity index (χ3v) is 12.0. The topological polar surface area (TPSA) is 184 Å². The fraction of sp³-hybridized carbons (Fsp3) is 0.300. The molecule has 1 fully saturated rings. The van der Waals surface area contributed by atoms with E-state index >= 15 is 13.6 Å². The molecule has 4 heterocycles. The molecule has 0 unspecified atom stereocenters. The van der Waals surface area contributed by atoms with E-state index in [1.807, 2.05) is 0 Å². The molecule has 63 heavy (non-hydrogen) atoms. The SMILES string of the molecule is Cc1nnc(-c2ccc3c(=O)n(-c4ccc(Cl)c5c(NS(C)(=O)=O)nn(C)c45)c([C@H](Cc4cc(F)cc(F)c4)NC(=O)Cn4nc(C(F)F)c5c4C(F)(F)[C@@H]4C[C@H]54)nc3c2)nc1C. The third-order valence-electron chi connectivity index (χ3n) is 11.2. The summed E-state index contributed by atoms with van der Waals surface area (Å²) in [5, 5.41) is 19.1. The maximum Gasteiger partial charge on any atom is 0.293 e. The molecule has 0 aliphatic heterocycles. The number of carbonyl (C=O) groups is 1. The van der Waals surface area contributed by atoms with Gasteiger partial charge in [-0.05, 0) is 68.1 Å². The van der Waals surface area contributed by atoms with Gasteiger partial charge >= 0.3 is 0 Å². The number of carbonyl (C=O) groups excluding carboxylic acids is 1. The van der Waals surface area contributed by atoms with E-state index in [0.717, 1.165) is 23.0 Å². The van der Waals surface area contributed by atoms with Crippen LogP contribution in [0.1, 0.15) is 64.5 Å². The van der Waals surface area contributed by atoms with Gasteiger partial charge in [0.2, 0.25) is 15.9 Å². The quantitative estimate of drug-likeness (QED) is 0.136. The monoisotopic (exact) mass is 911 g/mol. The zero-order valence-corrected chi connectivity index (χ0v) is 34.8. The molecule has 0 spiro atoms. The number of sulfonamides is 1. The molecule has 0 bridgehead atoms. The third kappa shape index (κ3) is 7.33. The van der Waals surface area contributed by atoms with Crippen molar-refractivity contribution in [1.82, 2.24) is 49.6 Å². The number of nitrogens with zero attached hydrogens (tertiary/aromatic N) is 9. The molecule has 2 N–H and O–H groups in total. The van der Waals surface area contributed by atoms with Crippen LogP contribution in [0.3, 0.4) is 0 Å². The first-order valence-electron chi connectivity index (χ1n) is 19.1. The fourth-order valence-corrected chi connectivity index (χ4v) is 9.03. The minimum atomic E-state index is -3.92. The summed E-state index contributed by atoms with van der Waals surface area (Å²) in [4.78, 5) is 38.5. The average molecular weight is 912 g/mol. The molecule has 0 radical (unpaired) electrons. The van der Waals surface area contributed by atoms with E-state index in [1.54, 1.807) is 19.9 Å². The number of halogens is 7. The Morgan fingerprint density at radius 3 is 2.41 bits per heavy atom. The summed E-state index contributed by atoms with van der Waals surface area (Å²) in [5.74, 6) is -8.95. The zero-order chi connectivity index (χ0) is 45.0. The number of hydrogen-bond donors (Lipinski definition) is 2. The second-order valence-electron chi connectivity index (χ2n) is 15.6. The van der Waals surface area contributed by atoms with Crippen molar-refractivity contribution in [3.63, 3.8) is 0 Å². The van der Waals surface area contributed by atoms with Crippen LogP contribution in [0.25, 0.3) is 38.9 Å². The predicted octanol–water partition coefficient (Wildman–Crippen LogP) is 6.49. The van der Waals surface area contributed by atoms with Crippen molar-refractivity contribution < 1.29 is 39.6 Å². The molecule has 23 heteroatoms.